The molecule has 2 amide bonds. The van der Waals surface area contributed by atoms with Gasteiger partial charge in [0, 0.05) is 22.2 Å². The van der Waals surface area contributed by atoms with Crippen LogP contribution in [0.1, 0.15) is 26.4 Å². The minimum atomic E-state index is -0.700. The number of fused-ring (bicyclic) bond motifs is 1. The van der Waals surface area contributed by atoms with Crippen LogP contribution in [0.15, 0.2) is 53.9 Å². The van der Waals surface area contributed by atoms with Crippen molar-refractivity contribution in [3.05, 3.63) is 75.5 Å². The van der Waals surface area contributed by atoms with Crippen LogP contribution < -0.4 is 19.7 Å². The summed E-state index contributed by atoms with van der Waals surface area (Å²) in [5, 5.41) is 4.46. The summed E-state index contributed by atoms with van der Waals surface area (Å²) in [5.41, 5.74) is 3.12. The Hall–Kier alpha value is -3.85. The van der Waals surface area contributed by atoms with Gasteiger partial charge in [-0.05, 0) is 60.7 Å². The first-order valence-electron chi connectivity index (χ1n) is 11.1. The molecule has 0 radical (unpaired) electrons. The average molecular weight is 495 g/mol. The lowest BCUT2D eigenvalue weighted by molar-refractivity contribution is -0.146. The molecule has 1 aliphatic heterocycles. The molecule has 4 rings (SSSR count). The number of esters is 1. The van der Waals surface area contributed by atoms with E-state index >= 15 is 0 Å². The second-order valence-electron chi connectivity index (χ2n) is 8.03. The first-order valence-corrected chi connectivity index (χ1v) is 12.0. The lowest BCUT2D eigenvalue weighted by Crippen LogP contribution is -2.36. The van der Waals surface area contributed by atoms with Crippen molar-refractivity contribution in [2.75, 3.05) is 31.3 Å². The topological polar surface area (TPSA) is 94.2 Å². The minimum absolute atomic E-state index is 0.317. The van der Waals surface area contributed by atoms with E-state index in [9.17, 15) is 14.4 Å². The Labute approximate surface area is 207 Å². The van der Waals surface area contributed by atoms with E-state index < -0.39 is 18.5 Å². The number of benzene rings is 2. The number of rotatable bonds is 8. The fourth-order valence-corrected chi connectivity index (χ4v) is 4.18. The number of nitrogens with one attached hydrogen (secondary N) is 1. The molecule has 1 aliphatic rings. The van der Waals surface area contributed by atoms with Gasteiger partial charge in [-0.3, -0.25) is 14.4 Å². The molecule has 0 aliphatic carbocycles. The Morgan fingerprint density at radius 2 is 1.80 bits per heavy atom. The molecule has 0 unspecified atom stereocenters. The second kappa shape index (κ2) is 11.1. The Bertz CT molecular complexity index is 1220. The summed E-state index contributed by atoms with van der Waals surface area (Å²) in [5.74, 6) is -0.303. The van der Waals surface area contributed by atoms with E-state index in [1.807, 2.05) is 37.4 Å². The van der Waals surface area contributed by atoms with E-state index in [4.69, 9.17) is 14.2 Å². The fourth-order valence-electron chi connectivity index (χ4n) is 3.49. The predicted octanol–water partition coefficient (Wildman–Crippen LogP) is 3.64. The third-order valence-electron chi connectivity index (χ3n) is 5.55. The SMILES string of the molecule is Cc1ccc(C(=O)NCC(=O)OCC(=O)N(Cc2cccs2)c2ccc3c(c2)OCCO3)cc1C. The van der Waals surface area contributed by atoms with E-state index in [2.05, 4.69) is 5.32 Å². The molecule has 3 aromatic rings. The zero-order chi connectivity index (χ0) is 24.8. The molecule has 1 N–H and O–H groups in total. The maximum Gasteiger partial charge on any atom is 0.325 e. The van der Waals surface area contributed by atoms with E-state index in [1.54, 1.807) is 30.3 Å². The Morgan fingerprint density at radius 3 is 2.54 bits per heavy atom. The number of amides is 2. The van der Waals surface area contributed by atoms with Crippen LogP contribution in [-0.2, 0) is 20.9 Å². The van der Waals surface area contributed by atoms with Gasteiger partial charge in [0.1, 0.15) is 19.8 Å². The zero-order valence-electron chi connectivity index (χ0n) is 19.5. The Balaban J connectivity index is 1.37. The highest BCUT2D eigenvalue weighted by molar-refractivity contribution is 7.09. The van der Waals surface area contributed by atoms with Crippen LogP contribution in [0.2, 0.25) is 0 Å². The molecular formula is C26H26N2O6S. The number of carbonyl (C=O) groups is 3. The van der Waals surface area contributed by atoms with Crippen molar-refractivity contribution in [3.63, 3.8) is 0 Å². The molecule has 2 heterocycles. The van der Waals surface area contributed by atoms with Gasteiger partial charge >= 0.3 is 5.97 Å². The summed E-state index contributed by atoms with van der Waals surface area (Å²) in [7, 11) is 0. The van der Waals surface area contributed by atoms with E-state index in [1.165, 1.54) is 16.2 Å². The quantitative estimate of drug-likeness (QED) is 0.481. The van der Waals surface area contributed by atoms with E-state index in [-0.39, 0.29) is 12.5 Å². The molecule has 0 bridgehead atoms. The lowest BCUT2D eigenvalue weighted by Gasteiger charge is -2.25. The molecule has 2 aromatic carbocycles. The van der Waals surface area contributed by atoms with Crippen LogP contribution in [0.3, 0.4) is 0 Å². The number of hydrogen-bond acceptors (Lipinski definition) is 7. The van der Waals surface area contributed by atoms with Gasteiger partial charge in [0.2, 0.25) is 0 Å². The highest BCUT2D eigenvalue weighted by Crippen LogP contribution is 2.34. The highest BCUT2D eigenvalue weighted by atomic mass is 32.1. The Morgan fingerprint density at radius 1 is 1.00 bits per heavy atom. The maximum atomic E-state index is 13.1. The molecule has 8 nitrogen and oxygen atoms in total. The number of aryl methyl sites for hydroxylation is 2. The maximum absolute atomic E-state index is 13.1. The second-order valence-corrected chi connectivity index (χ2v) is 9.06. The summed E-state index contributed by atoms with van der Waals surface area (Å²) in [6.07, 6.45) is 0. The molecule has 35 heavy (non-hydrogen) atoms. The molecule has 182 valence electrons. The van der Waals surface area contributed by atoms with Gasteiger partial charge in [0.05, 0.1) is 6.54 Å². The van der Waals surface area contributed by atoms with E-state index in [0.29, 0.717) is 42.5 Å². The fraction of sp³-hybridized carbons (Fsp3) is 0.269. The van der Waals surface area contributed by atoms with Crippen molar-refractivity contribution >= 4 is 34.8 Å². The van der Waals surface area contributed by atoms with Crippen LogP contribution in [0, 0.1) is 13.8 Å². The van der Waals surface area contributed by atoms with Gasteiger partial charge in [-0.25, -0.2) is 0 Å². The minimum Gasteiger partial charge on any atom is -0.486 e. The predicted molar refractivity (Wildman–Crippen MR) is 132 cm³/mol. The Kier molecular flexibility index (Phi) is 7.67. The van der Waals surface area contributed by atoms with Crippen molar-refractivity contribution in [1.29, 1.82) is 0 Å². The molecule has 0 saturated carbocycles. The third kappa shape index (κ3) is 6.19. The smallest absolute Gasteiger partial charge is 0.325 e. The zero-order valence-corrected chi connectivity index (χ0v) is 20.4. The number of nitrogens with zero attached hydrogens (tertiary/aromatic N) is 1. The highest BCUT2D eigenvalue weighted by Gasteiger charge is 2.22. The molecule has 0 saturated heterocycles. The molecule has 1 aromatic heterocycles. The van der Waals surface area contributed by atoms with Gasteiger partial charge in [-0.2, -0.15) is 0 Å². The van der Waals surface area contributed by atoms with Gasteiger partial charge in [0.25, 0.3) is 11.8 Å². The lowest BCUT2D eigenvalue weighted by atomic mass is 10.1. The average Bonchev–Trinajstić information content (AvgIpc) is 3.39. The molecule has 9 heteroatoms. The van der Waals surface area contributed by atoms with Crippen LogP contribution in [0.5, 0.6) is 11.5 Å². The van der Waals surface area contributed by atoms with Gasteiger partial charge in [0.15, 0.2) is 18.1 Å². The number of thiophene rings is 1. The van der Waals surface area contributed by atoms with E-state index in [0.717, 1.165) is 16.0 Å². The molecule has 0 atom stereocenters. The van der Waals surface area contributed by atoms with Crippen molar-refractivity contribution < 1.29 is 28.6 Å². The van der Waals surface area contributed by atoms with Crippen molar-refractivity contribution in [2.45, 2.75) is 20.4 Å². The van der Waals surface area contributed by atoms with Gasteiger partial charge in [-0.1, -0.05) is 12.1 Å². The number of anilines is 1. The number of hydrogen-bond donors (Lipinski definition) is 1. The van der Waals surface area contributed by atoms with Crippen LogP contribution >= 0.6 is 11.3 Å². The summed E-state index contributed by atoms with van der Waals surface area (Å²) < 4.78 is 16.4. The van der Waals surface area contributed by atoms with Crippen LogP contribution in [0.25, 0.3) is 0 Å². The van der Waals surface area contributed by atoms with Crippen LogP contribution in [0.4, 0.5) is 5.69 Å². The summed E-state index contributed by atoms with van der Waals surface area (Å²) in [6, 6.07) is 14.4. The first kappa shape index (κ1) is 24.3. The van der Waals surface area contributed by atoms with Gasteiger partial charge in [-0.15, -0.1) is 11.3 Å². The standard InChI is InChI=1S/C26H26N2O6S/c1-17-5-6-19(12-18(17)2)26(31)27-14-25(30)34-16-24(29)28(15-21-4-3-11-35-21)20-7-8-22-23(13-20)33-10-9-32-22/h3-8,11-13H,9-10,14-16H2,1-2H3,(H,27,31). The first-order chi connectivity index (χ1) is 16.9. The van der Waals surface area contributed by atoms with Crippen molar-refractivity contribution in [2.24, 2.45) is 0 Å². The largest absolute Gasteiger partial charge is 0.486 e. The summed E-state index contributed by atoms with van der Waals surface area (Å²) in [6.45, 7) is 4.29. The van der Waals surface area contributed by atoms with Crippen molar-refractivity contribution in [1.82, 2.24) is 5.32 Å². The normalized spacial score (nSPS) is 12.1. The van der Waals surface area contributed by atoms with Gasteiger partial charge < -0.3 is 24.4 Å². The molecule has 0 fully saturated rings. The number of carbonyl (C=O) groups excluding carboxylic acids is 3. The van der Waals surface area contributed by atoms with Crippen LogP contribution in [-0.4, -0.2) is 44.1 Å². The molecular weight excluding hydrogens is 468 g/mol. The summed E-state index contributed by atoms with van der Waals surface area (Å²) >= 11 is 1.52. The monoisotopic (exact) mass is 494 g/mol. The number of ether oxygens (including phenoxy) is 3. The third-order valence-corrected chi connectivity index (χ3v) is 6.41. The summed E-state index contributed by atoms with van der Waals surface area (Å²) in [4.78, 5) is 40.1. The van der Waals surface area contributed by atoms with Crippen molar-refractivity contribution in [3.8, 4) is 11.5 Å². The molecule has 0 spiro atoms.